The van der Waals surface area contributed by atoms with E-state index >= 15 is 0 Å². The van der Waals surface area contributed by atoms with E-state index in [1.54, 1.807) is 0 Å². The van der Waals surface area contributed by atoms with Gasteiger partial charge in [-0.1, -0.05) is 25.1 Å². The van der Waals surface area contributed by atoms with Crippen molar-refractivity contribution >= 4 is 11.6 Å². The van der Waals surface area contributed by atoms with Crippen molar-refractivity contribution in [1.82, 2.24) is 0 Å². The average Bonchev–Trinajstić information content (AvgIpc) is 2.34. The lowest BCUT2D eigenvalue weighted by Crippen LogP contribution is -3.14. The van der Waals surface area contributed by atoms with Gasteiger partial charge in [0.1, 0.15) is 0 Å². The highest BCUT2D eigenvalue weighted by Gasteiger charge is 2.22. The van der Waals surface area contributed by atoms with Crippen LogP contribution in [0.5, 0.6) is 0 Å². The molecule has 1 unspecified atom stereocenters. The molecule has 1 fully saturated rings. The zero-order valence-corrected chi connectivity index (χ0v) is 12.3. The summed E-state index contributed by atoms with van der Waals surface area (Å²) in [6, 6.07) is 6.11. The lowest BCUT2D eigenvalue weighted by Gasteiger charge is -2.27. The minimum atomic E-state index is 0.140. The van der Waals surface area contributed by atoms with E-state index in [0.717, 1.165) is 35.8 Å². The lowest BCUT2D eigenvalue weighted by atomic mass is 10.0. The highest BCUT2D eigenvalue weighted by Crippen LogP contribution is 2.18. The summed E-state index contributed by atoms with van der Waals surface area (Å²) in [4.78, 5) is 13.6. The molecule has 0 aromatic heterocycles. The van der Waals surface area contributed by atoms with Crippen LogP contribution >= 0.6 is 0 Å². The van der Waals surface area contributed by atoms with Crippen LogP contribution in [0.15, 0.2) is 18.2 Å². The van der Waals surface area contributed by atoms with Gasteiger partial charge in [0.25, 0.3) is 5.91 Å². The highest BCUT2D eigenvalue weighted by molar-refractivity contribution is 5.93. The number of likely N-dealkylation sites (tertiary alicyclic amines) is 1. The van der Waals surface area contributed by atoms with Gasteiger partial charge in [0.05, 0.1) is 13.1 Å². The molecule has 104 valence electrons. The Morgan fingerprint density at radius 1 is 1.37 bits per heavy atom. The van der Waals surface area contributed by atoms with Gasteiger partial charge in [-0.3, -0.25) is 4.79 Å². The lowest BCUT2D eigenvalue weighted by molar-refractivity contribution is -0.900. The molecule has 0 spiro atoms. The van der Waals surface area contributed by atoms with E-state index in [1.165, 1.54) is 17.7 Å². The van der Waals surface area contributed by atoms with E-state index in [1.807, 2.05) is 32.0 Å². The van der Waals surface area contributed by atoms with E-state index in [-0.39, 0.29) is 5.91 Å². The van der Waals surface area contributed by atoms with Crippen LogP contribution in [0, 0.1) is 19.8 Å². The molecule has 3 nitrogen and oxygen atoms in total. The number of amides is 1. The van der Waals surface area contributed by atoms with Gasteiger partial charge in [-0.25, -0.2) is 0 Å². The Morgan fingerprint density at radius 3 is 2.68 bits per heavy atom. The summed E-state index contributed by atoms with van der Waals surface area (Å²) < 4.78 is 0. The summed E-state index contributed by atoms with van der Waals surface area (Å²) in [5.41, 5.74) is 3.25. The molecule has 0 radical (unpaired) electrons. The Hall–Kier alpha value is -1.35. The summed E-state index contributed by atoms with van der Waals surface area (Å²) in [6.45, 7) is 9.21. The van der Waals surface area contributed by atoms with Gasteiger partial charge in [-0.15, -0.1) is 0 Å². The third-order valence-corrected chi connectivity index (χ3v) is 4.02. The topological polar surface area (TPSA) is 33.5 Å². The third-order valence-electron chi connectivity index (χ3n) is 4.02. The fourth-order valence-corrected chi connectivity index (χ4v) is 2.98. The number of para-hydroxylation sites is 1. The van der Waals surface area contributed by atoms with Crippen LogP contribution in [0.4, 0.5) is 5.69 Å². The van der Waals surface area contributed by atoms with Crippen molar-refractivity contribution in [3.63, 3.8) is 0 Å². The summed E-state index contributed by atoms with van der Waals surface area (Å²) >= 11 is 0. The molecule has 0 aliphatic carbocycles. The number of rotatable bonds is 3. The Balaban J connectivity index is 1.94. The molecule has 1 aliphatic rings. The van der Waals surface area contributed by atoms with Crippen molar-refractivity contribution in [1.29, 1.82) is 0 Å². The van der Waals surface area contributed by atoms with Gasteiger partial charge in [-0.05, 0) is 37.8 Å². The van der Waals surface area contributed by atoms with Crippen LogP contribution in [0.3, 0.4) is 0 Å². The van der Waals surface area contributed by atoms with E-state index in [2.05, 4.69) is 12.2 Å². The number of aryl methyl sites for hydroxylation is 2. The largest absolute Gasteiger partial charge is 0.327 e. The van der Waals surface area contributed by atoms with Crippen LogP contribution in [-0.4, -0.2) is 25.5 Å². The van der Waals surface area contributed by atoms with Gasteiger partial charge in [0, 0.05) is 11.6 Å². The van der Waals surface area contributed by atoms with E-state index in [4.69, 9.17) is 0 Å². The zero-order chi connectivity index (χ0) is 13.8. The summed E-state index contributed by atoms with van der Waals surface area (Å²) in [5.74, 6) is 0.887. The average molecular weight is 261 g/mol. The van der Waals surface area contributed by atoms with Crippen LogP contribution in [0.25, 0.3) is 0 Å². The van der Waals surface area contributed by atoms with E-state index < -0.39 is 0 Å². The van der Waals surface area contributed by atoms with Crippen molar-refractivity contribution in [3.8, 4) is 0 Å². The standard InChI is InChI=1S/C16H24N2O/c1-12-6-5-9-18(10-12)11-15(19)17-16-13(2)7-4-8-14(16)3/h4,7-8,12H,5-6,9-11H2,1-3H3,(H,17,19)/p+1/t12-/m1/s1. The van der Waals surface area contributed by atoms with E-state index in [9.17, 15) is 4.79 Å². The van der Waals surface area contributed by atoms with Gasteiger partial charge >= 0.3 is 0 Å². The molecular weight excluding hydrogens is 236 g/mol. The molecule has 1 aliphatic heterocycles. The maximum absolute atomic E-state index is 12.2. The zero-order valence-electron chi connectivity index (χ0n) is 12.3. The highest BCUT2D eigenvalue weighted by atomic mass is 16.2. The van der Waals surface area contributed by atoms with E-state index in [0.29, 0.717) is 6.54 Å². The number of piperidine rings is 1. The number of carbonyl (C=O) groups is 1. The molecule has 2 rings (SSSR count). The second-order valence-electron chi connectivity index (χ2n) is 5.94. The first-order chi connectivity index (χ1) is 9.06. The van der Waals surface area contributed by atoms with Crippen molar-refractivity contribution < 1.29 is 9.69 Å². The van der Waals surface area contributed by atoms with Gasteiger partial charge in [-0.2, -0.15) is 0 Å². The first-order valence-electron chi connectivity index (χ1n) is 7.26. The minimum Gasteiger partial charge on any atom is -0.327 e. The first kappa shape index (κ1) is 14.1. The maximum Gasteiger partial charge on any atom is 0.279 e. The Morgan fingerprint density at radius 2 is 2.05 bits per heavy atom. The fraction of sp³-hybridized carbons (Fsp3) is 0.562. The second kappa shape index (κ2) is 6.20. The summed E-state index contributed by atoms with van der Waals surface area (Å²) in [6.07, 6.45) is 2.55. The normalized spacial score (nSPS) is 23.1. The monoisotopic (exact) mass is 261 g/mol. The van der Waals surface area contributed by atoms with Gasteiger partial charge in [0.15, 0.2) is 6.54 Å². The number of hydrogen-bond donors (Lipinski definition) is 2. The number of hydrogen-bond acceptors (Lipinski definition) is 1. The smallest absolute Gasteiger partial charge is 0.279 e. The number of quaternary nitrogens is 1. The Bertz CT molecular complexity index is 436. The molecule has 1 heterocycles. The Labute approximate surface area is 116 Å². The van der Waals surface area contributed by atoms with Crippen LogP contribution in [0.1, 0.15) is 30.9 Å². The fourth-order valence-electron chi connectivity index (χ4n) is 2.98. The van der Waals surface area contributed by atoms with Crippen molar-refractivity contribution in [2.75, 3.05) is 25.0 Å². The van der Waals surface area contributed by atoms with Crippen LogP contribution < -0.4 is 10.2 Å². The number of anilines is 1. The maximum atomic E-state index is 12.2. The second-order valence-corrected chi connectivity index (χ2v) is 5.94. The minimum absolute atomic E-state index is 0.140. The molecule has 1 aromatic carbocycles. The Kier molecular flexibility index (Phi) is 4.59. The molecule has 3 heteroatoms. The quantitative estimate of drug-likeness (QED) is 0.850. The summed E-state index contributed by atoms with van der Waals surface area (Å²) in [5, 5.41) is 3.08. The van der Waals surface area contributed by atoms with Crippen LogP contribution in [0.2, 0.25) is 0 Å². The molecule has 1 amide bonds. The van der Waals surface area contributed by atoms with Crippen LogP contribution in [-0.2, 0) is 4.79 Å². The third kappa shape index (κ3) is 3.80. The molecule has 2 atom stereocenters. The van der Waals surface area contributed by atoms with Gasteiger partial charge in [0.2, 0.25) is 0 Å². The molecule has 2 N–H and O–H groups in total. The summed E-state index contributed by atoms with van der Waals surface area (Å²) in [7, 11) is 0. The molecule has 1 aromatic rings. The number of benzene rings is 1. The number of nitrogens with one attached hydrogen (secondary N) is 2. The molecular formula is C16H25N2O+. The SMILES string of the molecule is Cc1cccc(C)c1NC(=O)C[NH+]1CCC[C@@H](C)C1. The van der Waals surface area contributed by atoms with Crippen molar-refractivity contribution in [3.05, 3.63) is 29.3 Å². The first-order valence-corrected chi connectivity index (χ1v) is 7.26. The molecule has 0 bridgehead atoms. The van der Waals surface area contributed by atoms with Crippen molar-refractivity contribution in [2.45, 2.75) is 33.6 Å². The predicted molar refractivity (Wildman–Crippen MR) is 78.5 cm³/mol. The predicted octanol–water partition coefficient (Wildman–Crippen LogP) is 1.56. The molecule has 0 saturated carbocycles. The molecule has 1 saturated heterocycles. The molecule has 19 heavy (non-hydrogen) atoms. The number of carbonyl (C=O) groups excluding carboxylic acids is 1. The van der Waals surface area contributed by atoms with Gasteiger partial charge < -0.3 is 10.2 Å². The van der Waals surface area contributed by atoms with Crippen molar-refractivity contribution in [2.24, 2.45) is 5.92 Å².